The van der Waals surface area contributed by atoms with Crippen LogP contribution >= 0.6 is 0 Å². The molecule has 0 aliphatic carbocycles. The van der Waals surface area contributed by atoms with Gasteiger partial charge in [-0.1, -0.05) is 26.2 Å². The fourth-order valence-corrected chi connectivity index (χ4v) is 3.40. The van der Waals surface area contributed by atoms with Crippen LogP contribution < -0.4 is 5.32 Å². The summed E-state index contributed by atoms with van der Waals surface area (Å²) < 4.78 is 0. The Balaban J connectivity index is 2.04. The number of nitro groups is 2. The maximum absolute atomic E-state index is 12.8. The van der Waals surface area contributed by atoms with Crippen LogP contribution in [-0.2, 0) is 4.79 Å². The highest BCUT2D eigenvalue weighted by atomic mass is 16.6. The summed E-state index contributed by atoms with van der Waals surface area (Å²) in [6, 6.07) is 2.89. The lowest BCUT2D eigenvalue weighted by Crippen LogP contribution is -2.45. The molecule has 1 heterocycles. The van der Waals surface area contributed by atoms with Crippen LogP contribution in [0.5, 0.6) is 0 Å². The van der Waals surface area contributed by atoms with Gasteiger partial charge >= 0.3 is 0 Å². The molecule has 2 amide bonds. The van der Waals surface area contributed by atoms with E-state index in [9.17, 15) is 29.8 Å². The number of non-ortho nitro benzene ring substituents is 2. The fraction of sp³-hybridized carbons (Fsp3) is 0.579. The monoisotopic (exact) mass is 406 g/mol. The van der Waals surface area contributed by atoms with Gasteiger partial charge in [-0.2, -0.15) is 0 Å². The Bertz CT molecular complexity index is 750. The van der Waals surface area contributed by atoms with E-state index in [-0.39, 0.29) is 23.9 Å². The zero-order valence-electron chi connectivity index (χ0n) is 16.5. The molecule has 0 bridgehead atoms. The van der Waals surface area contributed by atoms with Gasteiger partial charge in [0.2, 0.25) is 5.91 Å². The van der Waals surface area contributed by atoms with Gasteiger partial charge in [0.1, 0.15) is 0 Å². The van der Waals surface area contributed by atoms with E-state index in [4.69, 9.17) is 0 Å². The van der Waals surface area contributed by atoms with E-state index in [1.807, 2.05) is 0 Å². The van der Waals surface area contributed by atoms with Crippen LogP contribution in [0.2, 0.25) is 0 Å². The number of unbranched alkanes of at least 4 members (excludes halogenated alkanes) is 3. The standard InChI is InChI=1S/C19H26N4O6/c1-2-3-4-5-8-20-18(24)14-7-6-9-21(13-14)19(25)15-10-16(22(26)27)12-17(11-15)23(28)29/h10-12,14H,2-9,13H2,1H3,(H,20,24). The third-order valence-corrected chi connectivity index (χ3v) is 4.98. The number of benzene rings is 1. The number of carbonyl (C=O) groups excluding carboxylic acids is 2. The van der Waals surface area contributed by atoms with E-state index >= 15 is 0 Å². The van der Waals surface area contributed by atoms with Crippen molar-refractivity contribution in [1.29, 1.82) is 0 Å². The Morgan fingerprint density at radius 2 is 1.76 bits per heavy atom. The Morgan fingerprint density at radius 3 is 2.34 bits per heavy atom. The quantitative estimate of drug-likeness (QED) is 0.380. The molecule has 1 aliphatic heterocycles. The molecular formula is C19H26N4O6. The molecule has 10 nitrogen and oxygen atoms in total. The largest absolute Gasteiger partial charge is 0.356 e. The van der Waals surface area contributed by atoms with E-state index in [1.54, 1.807) is 0 Å². The Kier molecular flexibility index (Phi) is 8.05. The van der Waals surface area contributed by atoms with Crippen LogP contribution in [0.15, 0.2) is 18.2 Å². The third-order valence-electron chi connectivity index (χ3n) is 4.98. The van der Waals surface area contributed by atoms with Crippen molar-refractivity contribution in [1.82, 2.24) is 10.2 Å². The number of piperidine rings is 1. The predicted octanol–water partition coefficient (Wildman–Crippen LogP) is 3.05. The molecule has 1 atom stereocenters. The molecule has 10 heteroatoms. The van der Waals surface area contributed by atoms with Gasteiger partial charge in [0.05, 0.1) is 27.4 Å². The van der Waals surface area contributed by atoms with Gasteiger partial charge in [0, 0.05) is 31.8 Å². The topological polar surface area (TPSA) is 136 Å². The summed E-state index contributed by atoms with van der Waals surface area (Å²) in [5, 5.41) is 25.0. The Morgan fingerprint density at radius 1 is 1.10 bits per heavy atom. The molecule has 0 saturated carbocycles. The Labute approximate surface area is 168 Å². The molecule has 1 aliphatic rings. The molecule has 1 unspecified atom stereocenters. The zero-order valence-corrected chi connectivity index (χ0v) is 16.5. The van der Waals surface area contributed by atoms with E-state index in [0.29, 0.717) is 25.9 Å². The summed E-state index contributed by atoms with van der Waals surface area (Å²) in [5.41, 5.74) is -1.15. The van der Waals surface area contributed by atoms with Gasteiger partial charge in [0.15, 0.2) is 0 Å². The molecule has 2 rings (SSSR count). The molecule has 1 N–H and O–H groups in total. The minimum absolute atomic E-state index is 0.107. The number of carbonyl (C=O) groups is 2. The molecule has 1 fully saturated rings. The highest BCUT2D eigenvalue weighted by molar-refractivity contribution is 5.96. The highest BCUT2D eigenvalue weighted by Gasteiger charge is 2.30. The summed E-state index contributed by atoms with van der Waals surface area (Å²) in [4.78, 5) is 47.2. The van der Waals surface area contributed by atoms with Crippen molar-refractivity contribution in [3.05, 3.63) is 44.0 Å². The van der Waals surface area contributed by atoms with Crippen LogP contribution in [0, 0.1) is 26.1 Å². The minimum Gasteiger partial charge on any atom is -0.356 e. The number of hydrogen-bond acceptors (Lipinski definition) is 6. The summed E-state index contributed by atoms with van der Waals surface area (Å²) in [7, 11) is 0. The SMILES string of the molecule is CCCCCCNC(=O)C1CCCN(C(=O)c2cc([N+](=O)[O-])cc([N+](=O)[O-])c2)C1. The van der Waals surface area contributed by atoms with Crippen molar-refractivity contribution < 1.29 is 19.4 Å². The fourth-order valence-electron chi connectivity index (χ4n) is 3.40. The number of nitrogens with one attached hydrogen (secondary N) is 1. The van der Waals surface area contributed by atoms with Gasteiger partial charge < -0.3 is 10.2 Å². The molecule has 0 aromatic heterocycles. The number of rotatable bonds is 9. The average molecular weight is 406 g/mol. The van der Waals surface area contributed by atoms with E-state index in [2.05, 4.69) is 12.2 Å². The van der Waals surface area contributed by atoms with Crippen LogP contribution in [0.4, 0.5) is 11.4 Å². The normalized spacial score (nSPS) is 16.3. The number of nitrogens with zero attached hydrogens (tertiary/aromatic N) is 3. The highest BCUT2D eigenvalue weighted by Crippen LogP contribution is 2.25. The lowest BCUT2D eigenvalue weighted by molar-refractivity contribution is -0.394. The lowest BCUT2D eigenvalue weighted by Gasteiger charge is -2.32. The molecule has 0 radical (unpaired) electrons. The molecule has 1 aromatic carbocycles. The summed E-state index contributed by atoms with van der Waals surface area (Å²) in [6.45, 7) is 3.30. The molecule has 1 saturated heterocycles. The second-order valence-electron chi connectivity index (χ2n) is 7.19. The maximum Gasteiger partial charge on any atom is 0.277 e. The van der Waals surface area contributed by atoms with E-state index in [0.717, 1.165) is 43.9 Å². The molecular weight excluding hydrogens is 380 g/mol. The maximum atomic E-state index is 12.8. The van der Waals surface area contributed by atoms with Gasteiger partial charge in [-0.25, -0.2) is 0 Å². The van der Waals surface area contributed by atoms with Crippen molar-refractivity contribution in [2.45, 2.75) is 45.4 Å². The van der Waals surface area contributed by atoms with Crippen LogP contribution in [-0.4, -0.2) is 46.2 Å². The van der Waals surface area contributed by atoms with Gasteiger partial charge in [-0.15, -0.1) is 0 Å². The van der Waals surface area contributed by atoms with Gasteiger partial charge in [-0.05, 0) is 19.3 Å². The summed E-state index contributed by atoms with van der Waals surface area (Å²) in [5.74, 6) is -1.01. The van der Waals surface area contributed by atoms with Gasteiger partial charge in [0.25, 0.3) is 17.3 Å². The summed E-state index contributed by atoms with van der Waals surface area (Å²) >= 11 is 0. The molecule has 1 aromatic rings. The first kappa shape index (κ1) is 22.3. The number of amides is 2. The van der Waals surface area contributed by atoms with Crippen LogP contribution in [0.25, 0.3) is 0 Å². The second-order valence-corrected chi connectivity index (χ2v) is 7.19. The smallest absolute Gasteiger partial charge is 0.277 e. The first-order chi connectivity index (χ1) is 13.8. The van der Waals surface area contributed by atoms with E-state index in [1.165, 1.54) is 4.90 Å². The minimum atomic E-state index is -0.769. The van der Waals surface area contributed by atoms with Crippen molar-refractivity contribution >= 4 is 23.2 Å². The van der Waals surface area contributed by atoms with Gasteiger partial charge in [-0.3, -0.25) is 29.8 Å². The van der Waals surface area contributed by atoms with Crippen LogP contribution in [0.3, 0.4) is 0 Å². The third kappa shape index (κ3) is 6.23. The molecule has 29 heavy (non-hydrogen) atoms. The first-order valence-corrected chi connectivity index (χ1v) is 9.84. The molecule has 158 valence electrons. The second kappa shape index (κ2) is 10.5. The predicted molar refractivity (Wildman–Crippen MR) is 106 cm³/mol. The lowest BCUT2D eigenvalue weighted by atomic mass is 9.96. The van der Waals surface area contributed by atoms with Crippen molar-refractivity contribution in [3.63, 3.8) is 0 Å². The number of nitro benzene ring substituents is 2. The van der Waals surface area contributed by atoms with Crippen LogP contribution in [0.1, 0.15) is 55.8 Å². The van der Waals surface area contributed by atoms with Crippen molar-refractivity contribution in [2.24, 2.45) is 5.92 Å². The van der Waals surface area contributed by atoms with Crippen molar-refractivity contribution in [3.8, 4) is 0 Å². The zero-order chi connectivity index (χ0) is 21.4. The Hall–Kier alpha value is -3.04. The summed E-state index contributed by atoms with van der Waals surface area (Å²) in [6.07, 6.45) is 5.47. The van der Waals surface area contributed by atoms with Crippen molar-refractivity contribution in [2.75, 3.05) is 19.6 Å². The number of hydrogen-bond donors (Lipinski definition) is 1. The van der Waals surface area contributed by atoms with E-state index < -0.39 is 27.1 Å². The average Bonchev–Trinajstić information content (AvgIpc) is 2.72. The number of likely N-dealkylation sites (tertiary alicyclic amines) is 1. The first-order valence-electron chi connectivity index (χ1n) is 9.84. The molecule has 0 spiro atoms.